The molecule has 82 valence electrons. The van der Waals surface area contributed by atoms with E-state index in [0.717, 1.165) is 29.3 Å². The lowest BCUT2D eigenvalue weighted by molar-refractivity contribution is 0.127. The molecule has 2 rings (SSSR count). The number of nitrogen functional groups attached to an aromatic ring is 1. The van der Waals surface area contributed by atoms with Crippen LogP contribution in [-0.4, -0.2) is 22.9 Å². The highest BCUT2D eigenvalue weighted by atomic mass is 32.2. The van der Waals surface area contributed by atoms with Gasteiger partial charge in [0.2, 0.25) is 0 Å². The summed E-state index contributed by atoms with van der Waals surface area (Å²) >= 11 is 1.73. The van der Waals surface area contributed by atoms with Gasteiger partial charge in [0, 0.05) is 18.1 Å². The second-order valence-corrected chi connectivity index (χ2v) is 5.16. The fraction of sp³-hybridized carbons (Fsp3) is 0.545. The summed E-state index contributed by atoms with van der Waals surface area (Å²) in [6.45, 7) is 4.96. The summed E-state index contributed by atoms with van der Waals surface area (Å²) in [5.74, 6) is 0. The number of aromatic nitrogens is 1. The van der Waals surface area contributed by atoms with Gasteiger partial charge < -0.3 is 10.5 Å². The number of nitrogens with zero attached hydrogens (tertiary/aromatic N) is 1. The minimum absolute atomic E-state index is 0.303. The van der Waals surface area contributed by atoms with Crippen LogP contribution in [0.1, 0.15) is 18.9 Å². The molecule has 0 spiro atoms. The summed E-state index contributed by atoms with van der Waals surface area (Å²) in [5, 5.41) is 1.42. The average Bonchev–Trinajstić information content (AvgIpc) is 2.57. The van der Waals surface area contributed by atoms with E-state index in [1.165, 1.54) is 0 Å². The standard InChI is InChI=1S/C11H16N2OS/c1-7-5-9(12)11(13-6-7)15-10-3-4-14-8(10)2/h5-6,8,10H,3-4,12H2,1-2H3. The first-order valence-electron chi connectivity index (χ1n) is 5.17. The number of ether oxygens (including phenoxy) is 1. The molecular formula is C11H16N2OS. The van der Waals surface area contributed by atoms with Gasteiger partial charge in [0.05, 0.1) is 11.8 Å². The van der Waals surface area contributed by atoms with Crippen LogP contribution in [0.15, 0.2) is 17.3 Å². The Morgan fingerprint density at radius 1 is 1.60 bits per heavy atom. The van der Waals surface area contributed by atoms with Gasteiger partial charge in [-0.15, -0.1) is 0 Å². The zero-order valence-corrected chi connectivity index (χ0v) is 9.88. The van der Waals surface area contributed by atoms with E-state index in [9.17, 15) is 0 Å². The van der Waals surface area contributed by atoms with Crippen LogP contribution < -0.4 is 5.73 Å². The van der Waals surface area contributed by atoms with Crippen molar-refractivity contribution in [1.82, 2.24) is 4.98 Å². The Kier molecular flexibility index (Phi) is 3.17. The van der Waals surface area contributed by atoms with Crippen molar-refractivity contribution in [2.24, 2.45) is 0 Å². The van der Waals surface area contributed by atoms with Gasteiger partial charge in [-0.25, -0.2) is 4.98 Å². The number of nitrogens with two attached hydrogens (primary N) is 1. The third-order valence-electron chi connectivity index (χ3n) is 2.59. The molecule has 0 aliphatic carbocycles. The van der Waals surface area contributed by atoms with Crippen molar-refractivity contribution < 1.29 is 4.74 Å². The van der Waals surface area contributed by atoms with E-state index in [-0.39, 0.29) is 0 Å². The Morgan fingerprint density at radius 2 is 2.40 bits per heavy atom. The second kappa shape index (κ2) is 4.41. The monoisotopic (exact) mass is 224 g/mol. The van der Waals surface area contributed by atoms with Crippen LogP contribution in [0.4, 0.5) is 5.69 Å². The lowest BCUT2D eigenvalue weighted by Crippen LogP contribution is -2.13. The third kappa shape index (κ3) is 2.44. The molecule has 3 nitrogen and oxygen atoms in total. The topological polar surface area (TPSA) is 48.1 Å². The number of anilines is 1. The van der Waals surface area contributed by atoms with E-state index in [0.29, 0.717) is 11.4 Å². The van der Waals surface area contributed by atoms with E-state index in [4.69, 9.17) is 10.5 Å². The minimum atomic E-state index is 0.303. The molecule has 1 aromatic heterocycles. The molecule has 1 aromatic rings. The molecule has 0 amide bonds. The molecular weight excluding hydrogens is 208 g/mol. The first-order chi connectivity index (χ1) is 7.16. The minimum Gasteiger partial charge on any atom is -0.397 e. The molecule has 2 heterocycles. The highest BCUT2D eigenvalue weighted by Gasteiger charge is 2.26. The number of hydrogen-bond donors (Lipinski definition) is 1. The van der Waals surface area contributed by atoms with Gasteiger partial charge >= 0.3 is 0 Å². The van der Waals surface area contributed by atoms with Gasteiger partial charge in [-0.3, -0.25) is 0 Å². The largest absolute Gasteiger partial charge is 0.397 e. The van der Waals surface area contributed by atoms with Gasteiger partial charge in [-0.05, 0) is 31.9 Å². The van der Waals surface area contributed by atoms with Crippen molar-refractivity contribution in [1.29, 1.82) is 0 Å². The zero-order valence-electron chi connectivity index (χ0n) is 9.06. The Labute approximate surface area is 94.4 Å². The van der Waals surface area contributed by atoms with Crippen LogP contribution in [0.25, 0.3) is 0 Å². The molecule has 1 saturated heterocycles. The lowest BCUT2D eigenvalue weighted by Gasteiger charge is -2.14. The molecule has 2 unspecified atom stereocenters. The first-order valence-corrected chi connectivity index (χ1v) is 6.05. The highest BCUT2D eigenvalue weighted by Crippen LogP contribution is 2.34. The lowest BCUT2D eigenvalue weighted by atomic mass is 10.3. The fourth-order valence-corrected chi connectivity index (χ4v) is 2.77. The first kappa shape index (κ1) is 10.8. The van der Waals surface area contributed by atoms with E-state index in [1.54, 1.807) is 11.8 Å². The normalized spacial score (nSPS) is 25.7. The van der Waals surface area contributed by atoms with Crippen LogP contribution in [0.5, 0.6) is 0 Å². The second-order valence-electron chi connectivity index (χ2n) is 3.93. The predicted octanol–water partition coefficient (Wildman–Crippen LogP) is 2.24. The van der Waals surface area contributed by atoms with Crippen molar-refractivity contribution in [3.63, 3.8) is 0 Å². The van der Waals surface area contributed by atoms with E-state index in [2.05, 4.69) is 11.9 Å². The number of thioether (sulfide) groups is 1. The Balaban J connectivity index is 2.10. The molecule has 1 fully saturated rings. The SMILES string of the molecule is Cc1cnc(SC2CCOC2C)c(N)c1. The smallest absolute Gasteiger partial charge is 0.119 e. The van der Waals surface area contributed by atoms with E-state index < -0.39 is 0 Å². The summed E-state index contributed by atoms with van der Waals surface area (Å²) in [7, 11) is 0. The quantitative estimate of drug-likeness (QED) is 0.837. The van der Waals surface area contributed by atoms with Gasteiger partial charge in [-0.2, -0.15) is 0 Å². The fourth-order valence-electron chi connectivity index (χ4n) is 1.69. The maximum atomic E-state index is 5.92. The third-order valence-corrected chi connectivity index (χ3v) is 4.07. The molecule has 2 N–H and O–H groups in total. The summed E-state index contributed by atoms with van der Waals surface area (Å²) < 4.78 is 5.51. The van der Waals surface area contributed by atoms with Crippen molar-refractivity contribution >= 4 is 17.4 Å². The molecule has 0 radical (unpaired) electrons. The van der Waals surface area contributed by atoms with Crippen LogP contribution in [0, 0.1) is 6.92 Å². The van der Waals surface area contributed by atoms with E-state index in [1.807, 2.05) is 19.2 Å². The predicted molar refractivity (Wildman–Crippen MR) is 63.1 cm³/mol. The number of pyridine rings is 1. The molecule has 4 heteroatoms. The van der Waals surface area contributed by atoms with Crippen LogP contribution in [-0.2, 0) is 4.74 Å². The molecule has 0 bridgehead atoms. The Hall–Kier alpha value is -0.740. The highest BCUT2D eigenvalue weighted by molar-refractivity contribution is 8.00. The van der Waals surface area contributed by atoms with Gasteiger partial charge in [0.15, 0.2) is 0 Å². The molecule has 0 saturated carbocycles. The van der Waals surface area contributed by atoms with Crippen LogP contribution in [0.2, 0.25) is 0 Å². The van der Waals surface area contributed by atoms with Crippen molar-refractivity contribution in [3.05, 3.63) is 17.8 Å². The Morgan fingerprint density at radius 3 is 3.00 bits per heavy atom. The molecule has 15 heavy (non-hydrogen) atoms. The van der Waals surface area contributed by atoms with Crippen molar-refractivity contribution in [2.75, 3.05) is 12.3 Å². The number of aryl methyl sites for hydroxylation is 1. The molecule has 2 atom stereocenters. The number of rotatable bonds is 2. The molecule has 1 aliphatic heterocycles. The van der Waals surface area contributed by atoms with Crippen molar-refractivity contribution in [2.45, 2.75) is 36.6 Å². The average molecular weight is 224 g/mol. The molecule has 0 aromatic carbocycles. The van der Waals surface area contributed by atoms with Gasteiger partial charge in [0.1, 0.15) is 5.03 Å². The van der Waals surface area contributed by atoms with Gasteiger partial charge in [0.25, 0.3) is 0 Å². The summed E-state index contributed by atoms with van der Waals surface area (Å²) in [4.78, 5) is 4.36. The van der Waals surface area contributed by atoms with Crippen molar-refractivity contribution in [3.8, 4) is 0 Å². The number of hydrogen-bond acceptors (Lipinski definition) is 4. The zero-order chi connectivity index (χ0) is 10.8. The molecule has 1 aliphatic rings. The van der Waals surface area contributed by atoms with Crippen LogP contribution in [0.3, 0.4) is 0 Å². The van der Waals surface area contributed by atoms with E-state index >= 15 is 0 Å². The summed E-state index contributed by atoms with van der Waals surface area (Å²) in [6.07, 6.45) is 3.25. The summed E-state index contributed by atoms with van der Waals surface area (Å²) in [6, 6.07) is 1.97. The summed E-state index contributed by atoms with van der Waals surface area (Å²) in [5.41, 5.74) is 7.80. The van der Waals surface area contributed by atoms with Gasteiger partial charge in [-0.1, -0.05) is 11.8 Å². The maximum absolute atomic E-state index is 5.92. The Bertz CT molecular complexity index is 356. The maximum Gasteiger partial charge on any atom is 0.119 e. The van der Waals surface area contributed by atoms with Crippen LogP contribution >= 0.6 is 11.8 Å².